The topological polar surface area (TPSA) is 73.4 Å². The molecule has 1 heterocycles. The first-order chi connectivity index (χ1) is 7.56. The van der Waals surface area contributed by atoms with E-state index in [1.165, 1.54) is 10.6 Å². The largest absolute Gasteiger partial charge is 0.380 e. The predicted octanol–water partition coefficient (Wildman–Crippen LogP) is -0.0720. The van der Waals surface area contributed by atoms with E-state index in [-0.39, 0.29) is 11.5 Å². The number of rotatable bonds is 5. The van der Waals surface area contributed by atoms with Crippen LogP contribution in [0.1, 0.15) is 6.92 Å². The highest BCUT2D eigenvalue weighted by Crippen LogP contribution is 2.05. The van der Waals surface area contributed by atoms with Gasteiger partial charge in [-0.3, -0.25) is 9.36 Å². The molecule has 6 heteroatoms. The van der Waals surface area contributed by atoms with Crippen LogP contribution in [0, 0.1) is 0 Å². The van der Waals surface area contributed by atoms with Crippen molar-refractivity contribution in [2.24, 2.45) is 0 Å². The molecule has 6 nitrogen and oxygen atoms in total. The third-order valence-electron chi connectivity index (χ3n) is 2.15. The van der Waals surface area contributed by atoms with Crippen LogP contribution in [0.4, 0.5) is 11.8 Å². The third-order valence-corrected chi connectivity index (χ3v) is 2.15. The molecule has 0 aliphatic rings. The summed E-state index contributed by atoms with van der Waals surface area (Å²) >= 11 is 0. The molecule has 1 aromatic rings. The number of anilines is 2. The van der Waals surface area contributed by atoms with Crippen molar-refractivity contribution >= 4 is 11.8 Å². The lowest BCUT2D eigenvalue weighted by molar-refractivity contribution is 0.138. The van der Waals surface area contributed by atoms with Crippen LogP contribution in [0.3, 0.4) is 0 Å². The standard InChI is InChI=1S/C10H18N4O2/c1-4-16-6-5-14-9(15)7-8(13(2)3)12-10(14)11/h7H,4-6H2,1-3H3,(H2,11,12). The number of ether oxygens (including phenoxy) is 1. The average molecular weight is 226 g/mol. The van der Waals surface area contributed by atoms with Crippen LogP contribution in [0.5, 0.6) is 0 Å². The quantitative estimate of drug-likeness (QED) is 0.711. The number of hydrogen-bond donors (Lipinski definition) is 1. The van der Waals surface area contributed by atoms with Crippen LogP contribution >= 0.6 is 0 Å². The molecule has 0 atom stereocenters. The summed E-state index contributed by atoms with van der Waals surface area (Å²) < 4.78 is 6.58. The van der Waals surface area contributed by atoms with E-state index in [0.29, 0.717) is 25.6 Å². The normalized spacial score (nSPS) is 10.4. The van der Waals surface area contributed by atoms with Gasteiger partial charge in [0, 0.05) is 26.8 Å². The first-order valence-electron chi connectivity index (χ1n) is 5.18. The molecule has 0 aliphatic heterocycles. The Labute approximate surface area is 94.6 Å². The number of hydrogen-bond acceptors (Lipinski definition) is 5. The van der Waals surface area contributed by atoms with Gasteiger partial charge in [-0.25, -0.2) is 0 Å². The monoisotopic (exact) mass is 226 g/mol. The van der Waals surface area contributed by atoms with Crippen molar-refractivity contribution in [3.8, 4) is 0 Å². The van der Waals surface area contributed by atoms with Crippen molar-refractivity contribution in [3.63, 3.8) is 0 Å². The predicted molar refractivity (Wildman–Crippen MR) is 63.7 cm³/mol. The van der Waals surface area contributed by atoms with Gasteiger partial charge in [0.05, 0.1) is 13.2 Å². The number of nitrogen functional groups attached to an aromatic ring is 1. The number of nitrogens with two attached hydrogens (primary N) is 1. The highest BCUT2D eigenvalue weighted by atomic mass is 16.5. The van der Waals surface area contributed by atoms with E-state index in [2.05, 4.69) is 4.98 Å². The Morgan fingerprint density at radius 1 is 1.56 bits per heavy atom. The Balaban J connectivity index is 2.90. The van der Waals surface area contributed by atoms with Gasteiger partial charge in [0.2, 0.25) is 5.95 Å². The Bertz CT molecular complexity index is 400. The second-order valence-electron chi connectivity index (χ2n) is 3.55. The molecule has 0 aromatic carbocycles. The summed E-state index contributed by atoms with van der Waals surface area (Å²) in [6.07, 6.45) is 0. The van der Waals surface area contributed by atoms with Crippen LogP contribution in [0.15, 0.2) is 10.9 Å². The molecule has 0 saturated carbocycles. The van der Waals surface area contributed by atoms with E-state index >= 15 is 0 Å². The maximum Gasteiger partial charge on any atom is 0.257 e. The molecule has 0 unspecified atom stereocenters. The minimum atomic E-state index is -0.157. The summed E-state index contributed by atoms with van der Waals surface area (Å²) in [4.78, 5) is 17.6. The molecule has 0 saturated heterocycles. The zero-order valence-corrected chi connectivity index (χ0v) is 9.93. The summed E-state index contributed by atoms with van der Waals surface area (Å²) in [6, 6.07) is 1.46. The van der Waals surface area contributed by atoms with Crippen molar-refractivity contribution in [1.29, 1.82) is 0 Å². The lowest BCUT2D eigenvalue weighted by atomic mass is 10.5. The van der Waals surface area contributed by atoms with Crippen LogP contribution in [0.25, 0.3) is 0 Å². The van der Waals surface area contributed by atoms with Crippen molar-refractivity contribution < 1.29 is 4.74 Å². The van der Waals surface area contributed by atoms with E-state index in [1.54, 1.807) is 4.90 Å². The minimum Gasteiger partial charge on any atom is -0.380 e. The van der Waals surface area contributed by atoms with Gasteiger partial charge in [0.15, 0.2) is 0 Å². The molecule has 90 valence electrons. The molecule has 16 heavy (non-hydrogen) atoms. The maximum absolute atomic E-state index is 11.7. The fourth-order valence-corrected chi connectivity index (χ4v) is 1.27. The van der Waals surface area contributed by atoms with Crippen LogP contribution < -0.4 is 16.2 Å². The Morgan fingerprint density at radius 3 is 2.75 bits per heavy atom. The van der Waals surface area contributed by atoms with Gasteiger partial charge < -0.3 is 15.4 Å². The molecule has 2 N–H and O–H groups in total. The zero-order chi connectivity index (χ0) is 12.1. The minimum absolute atomic E-state index is 0.157. The van der Waals surface area contributed by atoms with E-state index in [1.807, 2.05) is 21.0 Å². The molecule has 0 amide bonds. The summed E-state index contributed by atoms with van der Waals surface area (Å²) in [7, 11) is 3.62. The van der Waals surface area contributed by atoms with Crippen LogP contribution in [-0.2, 0) is 11.3 Å². The van der Waals surface area contributed by atoms with Crippen molar-refractivity contribution in [3.05, 3.63) is 16.4 Å². The van der Waals surface area contributed by atoms with Crippen molar-refractivity contribution in [1.82, 2.24) is 9.55 Å². The van der Waals surface area contributed by atoms with Gasteiger partial charge in [-0.05, 0) is 6.92 Å². The highest BCUT2D eigenvalue weighted by molar-refractivity contribution is 5.39. The van der Waals surface area contributed by atoms with Gasteiger partial charge in [-0.15, -0.1) is 0 Å². The van der Waals surface area contributed by atoms with E-state index < -0.39 is 0 Å². The fraction of sp³-hybridized carbons (Fsp3) is 0.600. The maximum atomic E-state index is 11.7. The summed E-state index contributed by atoms with van der Waals surface area (Å²) in [5.41, 5.74) is 5.56. The van der Waals surface area contributed by atoms with Crippen molar-refractivity contribution in [2.75, 3.05) is 37.9 Å². The zero-order valence-electron chi connectivity index (χ0n) is 9.93. The first-order valence-corrected chi connectivity index (χ1v) is 5.18. The van der Waals surface area contributed by atoms with Crippen LogP contribution in [-0.4, -0.2) is 36.9 Å². The second kappa shape index (κ2) is 5.50. The number of nitrogens with zero attached hydrogens (tertiary/aromatic N) is 3. The highest BCUT2D eigenvalue weighted by Gasteiger charge is 2.06. The summed E-state index contributed by atoms with van der Waals surface area (Å²) in [5, 5.41) is 0. The van der Waals surface area contributed by atoms with E-state index in [0.717, 1.165) is 0 Å². The Hall–Kier alpha value is -1.56. The van der Waals surface area contributed by atoms with Gasteiger partial charge in [-0.2, -0.15) is 4.98 Å². The summed E-state index contributed by atoms with van der Waals surface area (Å²) in [5.74, 6) is 0.783. The first kappa shape index (κ1) is 12.5. The van der Waals surface area contributed by atoms with Gasteiger partial charge in [-0.1, -0.05) is 0 Å². The van der Waals surface area contributed by atoms with E-state index in [4.69, 9.17) is 10.5 Å². The second-order valence-corrected chi connectivity index (χ2v) is 3.55. The molecule has 0 fully saturated rings. The molecule has 0 bridgehead atoms. The Morgan fingerprint density at radius 2 is 2.25 bits per heavy atom. The SMILES string of the molecule is CCOCCn1c(N)nc(N(C)C)cc1=O. The smallest absolute Gasteiger partial charge is 0.257 e. The van der Waals surface area contributed by atoms with Crippen molar-refractivity contribution in [2.45, 2.75) is 13.5 Å². The average Bonchev–Trinajstić information content (AvgIpc) is 2.21. The lowest BCUT2D eigenvalue weighted by Gasteiger charge is -2.14. The Kier molecular flexibility index (Phi) is 4.30. The van der Waals surface area contributed by atoms with E-state index in [9.17, 15) is 4.79 Å². The molecule has 1 rings (SSSR count). The molecule has 0 radical (unpaired) electrons. The fourth-order valence-electron chi connectivity index (χ4n) is 1.27. The molecular weight excluding hydrogens is 208 g/mol. The lowest BCUT2D eigenvalue weighted by Crippen LogP contribution is -2.27. The molecular formula is C10H18N4O2. The third kappa shape index (κ3) is 2.96. The number of aromatic nitrogens is 2. The molecule has 0 aliphatic carbocycles. The molecule has 1 aromatic heterocycles. The van der Waals surface area contributed by atoms with Gasteiger partial charge in [0.1, 0.15) is 5.82 Å². The van der Waals surface area contributed by atoms with Crippen LogP contribution in [0.2, 0.25) is 0 Å². The summed E-state index contributed by atoms with van der Waals surface area (Å²) in [6.45, 7) is 3.42. The van der Waals surface area contributed by atoms with Gasteiger partial charge >= 0.3 is 0 Å². The van der Waals surface area contributed by atoms with Gasteiger partial charge in [0.25, 0.3) is 5.56 Å². The molecule has 0 spiro atoms.